The van der Waals surface area contributed by atoms with Crippen LogP contribution in [0, 0.1) is 0 Å². The first-order valence-corrected chi connectivity index (χ1v) is 8.30. The average molecular weight is 341 g/mol. The molecule has 4 nitrogen and oxygen atoms in total. The molecule has 0 atom stereocenters. The van der Waals surface area contributed by atoms with Crippen LogP contribution in [0.1, 0.15) is 0 Å². The minimum atomic E-state index is -0.716. The minimum absolute atomic E-state index is 0.716. The molecule has 0 N–H and O–H groups in total. The number of hydrogen-bond acceptors (Lipinski definition) is 4. The molecule has 0 unspecified atom stereocenters. The molecule has 0 saturated carbocycles. The summed E-state index contributed by atoms with van der Waals surface area (Å²) in [5.41, 5.74) is 2.74. The molecule has 92 valence electrons. The number of anilines is 2. The maximum absolute atomic E-state index is 5.18. The Balaban J connectivity index is 2.09. The molecule has 0 aliphatic carbocycles. The third kappa shape index (κ3) is 3.05. The molecule has 0 aromatic heterocycles. The number of nitrogens with zero attached hydrogens (tertiary/aromatic N) is 2. The first kappa shape index (κ1) is 13.0. The summed E-state index contributed by atoms with van der Waals surface area (Å²) in [4.78, 5) is 0. The van der Waals surface area contributed by atoms with Crippen LogP contribution in [-0.4, -0.2) is 62.2 Å². The molecule has 1 aliphatic rings. The molecule has 1 aromatic rings. The summed E-state index contributed by atoms with van der Waals surface area (Å²) < 4.78 is 15.4. The van der Waals surface area contributed by atoms with Crippen molar-refractivity contribution in [1.82, 2.24) is 0 Å². The molecule has 1 aliphatic heterocycles. The van der Waals surface area contributed by atoms with Gasteiger partial charge in [0.2, 0.25) is 0 Å². The molecule has 0 amide bonds. The molecule has 0 bridgehead atoms. The van der Waals surface area contributed by atoms with Crippen LogP contribution >= 0.6 is 0 Å². The number of fused-ring (bicyclic) bond motifs is 1. The van der Waals surface area contributed by atoms with Gasteiger partial charge in [0.25, 0.3) is 0 Å². The second kappa shape index (κ2) is 6.47. The summed E-state index contributed by atoms with van der Waals surface area (Å²) in [5, 5.41) is 0. The Bertz CT molecular complexity index is 329. The Morgan fingerprint density at radius 2 is 1.41 bits per heavy atom. The van der Waals surface area contributed by atoms with Gasteiger partial charge in [-0.25, -0.2) is 0 Å². The van der Waals surface area contributed by atoms with E-state index in [0.29, 0.717) is 0 Å². The van der Waals surface area contributed by atoms with E-state index in [2.05, 4.69) is 30.5 Å². The second-order valence-electron chi connectivity index (χ2n) is 3.88. The zero-order valence-corrected chi connectivity index (χ0v) is 13.2. The number of hydrogen-bond donors (Lipinski definition) is 0. The molecule has 5 heteroatoms. The topological polar surface area (TPSA) is 24.9 Å². The third-order valence-corrected chi connectivity index (χ3v) is 6.77. The van der Waals surface area contributed by atoms with Crippen LogP contribution in [0.15, 0.2) is 24.3 Å². The zero-order chi connectivity index (χ0) is 12.1. The van der Waals surface area contributed by atoms with Crippen LogP contribution in [-0.2, 0) is 9.47 Å². The van der Waals surface area contributed by atoms with Crippen molar-refractivity contribution in [3.05, 3.63) is 24.3 Å². The summed E-state index contributed by atoms with van der Waals surface area (Å²) in [6, 6.07) is 8.63. The number of para-hydroxylation sites is 2. The van der Waals surface area contributed by atoms with Crippen LogP contribution in [0.25, 0.3) is 0 Å². The first-order valence-electron chi connectivity index (χ1n) is 5.75. The summed E-state index contributed by atoms with van der Waals surface area (Å²) in [5.74, 6) is 0. The monoisotopic (exact) mass is 342 g/mol. The van der Waals surface area contributed by atoms with Crippen LogP contribution in [0.2, 0.25) is 0 Å². The van der Waals surface area contributed by atoms with Gasteiger partial charge in [-0.1, -0.05) is 0 Å². The van der Waals surface area contributed by atoms with E-state index in [0.717, 1.165) is 26.3 Å². The molecule has 0 saturated heterocycles. The van der Waals surface area contributed by atoms with E-state index in [9.17, 15) is 0 Å². The average Bonchev–Trinajstić information content (AvgIpc) is 2.72. The number of benzene rings is 1. The van der Waals surface area contributed by atoms with E-state index in [4.69, 9.17) is 9.47 Å². The van der Waals surface area contributed by atoms with E-state index in [1.54, 1.807) is 14.2 Å². The van der Waals surface area contributed by atoms with Gasteiger partial charge < -0.3 is 0 Å². The number of rotatable bonds is 6. The van der Waals surface area contributed by atoms with Crippen molar-refractivity contribution < 1.29 is 9.47 Å². The van der Waals surface area contributed by atoms with Gasteiger partial charge >= 0.3 is 114 Å². The van der Waals surface area contributed by atoms with Crippen molar-refractivity contribution in [3.63, 3.8) is 0 Å². The van der Waals surface area contributed by atoms with Crippen molar-refractivity contribution >= 4 is 33.1 Å². The van der Waals surface area contributed by atoms with Crippen molar-refractivity contribution in [2.75, 3.05) is 46.8 Å². The fourth-order valence-electron chi connectivity index (χ4n) is 1.88. The SMILES string of the molecule is COCC[N]1[Sn][N](CCOC)c2ccccc21. The van der Waals surface area contributed by atoms with Crippen molar-refractivity contribution in [3.8, 4) is 0 Å². The summed E-state index contributed by atoms with van der Waals surface area (Å²) in [7, 11) is 3.52. The molecular weight excluding hydrogens is 323 g/mol. The molecule has 2 rings (SSSR count). The van der Waals surface area contributed by atoms with E-state index in [1.807, 2.05) is 0 Å². The van der Waals surface area contributed by atoms with Crippen LogP contribution in [0.5, 0.6) is 0 Å². The van der Waals surface area contributed by atoms with Gasteiger partial charge in [0.15, 0.2) is 0 Å². The Labute approximate surface area is 113 Å². The van der Waals surface area contributed by atoms with Gasteiger partial charge in [0.1, 0.15) is 0 Å². The van der Waals surface area contributed by atoms with Crippen molar-refractivity contribution in [2.45, 2.75) is 0 Å². The van der Waals surface area contributed by atoms with E-state index < -0.39 is 21.7 Å². The normalized spacial score (nSPS) is 14.2. The van der Waals surface area contributed by atoms with E-state index >= 15 is 0 Å². The maximum atomic E-state index is 5.18. The van der Waals surface area contributed by atoms with Gasteiger partial charge in [-0.3, -0.25) is 0 Å². The molecular formula is C12H18N2O2Sn. The molecule has 1 aromatic carbocycles. The Hall–Kier alpha value is -0.461. The van der Waals surface area contributed by atoms with Gasteiger partial charge in [0.05, 0.1) is 0 Å². The van der Waals surface area contributed by atoms with Crippen LogP contribution < -0.4 is 6.24 Å². The predicted molar refractivity (Wildman–Crippen MR) is 70.6 cm³/mol. The first-order chi connectivity index (χ1) is 8.36. The number of ether oxygens (including phenoxy) is 2. The van der Waals surface area contributed by atoms with Gasteiger partial charge in [-0.05, 0) is 0 Å². The third-order valence-electron chi connectivity index (χ3n) is 2.74. The van der Waals surface area contributed by atoms with E-state index in [-0.39, 0.29) is 0 Å². The molecule has 2 radical (unpaired) electrons. The molecule has 0 spiro atoms. The van der Waals surface area contributed by atoms with Gasteiger partial charge in [-0.15, -0.1) is 0 Å². The van der Waals surface area contributed by atoms with Crippen molar-refractivity contribution in [2.24, 2.45) is 0 Å². The van der Waals surface area contributed by atoms with Gasteiger partial charge in [-0.2, -0.15) is 0 Å². The molecule has 17 heavy (non-hydrogen) atoms. The second-order valence-corrected chi connectivity index (χ2v) is 7.53. The summed E-state index contributed by atoms with van der Waals surface area (Å²) in [6.45, 7) is 3.60. The molecule has 0 fully saturated rings. The van der Waals surface area contributed by atoms with Gasteiger partial charge in [0, 0.05) is 0 Å². The fraction of sp³-hybridized carbons (Fsp3) is 0.500. The standard InChI is InChI=1S/C12H18N2O2.Sn/c1-15-9-7-13-11-5-3-4-6-12(11)14-8-10-16-2;/h3-6H,7-10H2,1-2H3;/q-2;+2. The van der Waals surface area contributed by atoms with E-state index in [1.165, 1.54) is 11.4 Å². The van der Waals surface area contributed by atoms with Crippen LogP contribution in [0.3, 0.4) is 0 Å². The Morgan fingerprint density at radius 1 is 0.941 bits per heavy atom. The van der Waals surface area contributed by atoms with Crippen molar-refractivity contribution in [1.29, 1.82) is 0 Å². The quantitative estimate of drug-likeness (QED) is 0.725. The number of methoxy groups -OCH3 is 2. The zero-order valence-electron chi connectivity index (χ0n) is 10.3. The summed E-state index contributed by atoms with van der Waals surface area (Å²) in [6.07, 6.45) is 0. The van der Waals surface area contributed by atoms with Crippen LogP contribution in [0.4, 0.5) is 11.4 Å². The molecule has 1 heterocycles. The summed E-state index contributed by atoms with van der Waals surface area (Å²) >= 11 is -0.716. The fourth-order valence-corrected chi connectivity index (χ4v) is 5.50. The predicted octanol–water partition coefficient (Wildman–Crippen LogP) is 1.14. The Morgan fingerprint density at radius 3 is 1.82 bits per heavy atom. The Kier molecular flexibility index (Phi) is 4.94.